The van der Waals surface area contributed by atoms with Crippen molar-refractivity contribution < 1.29 is 23.5 Å². The smallest absolute Gasteiger partial charge is 0.339 e. The van der Waals surface area contributed by atoms with E-state index in [-0.39, 0.29) is 22.4 Å². The van der Waals surface area contributed by atoms with Crippen molar-refractivity contribution in [1.82, 2.24) is 14.9 Å². The Balaban J connectivity index is 1.27. The largest absolute Gasteiger partial charge is 0.465 e. The van der Waals surface area contributed by atoms with E-state index in [9.17, 15) is 14.0 Å². The zero-order chi connectivity index (χ0) is 31.6. The van der Waals surface area contributed by atoms with Gasteiger partial charge in [-0.2, -0.15) is 0 Å². The number of benzene rings is 1. The molecule has 1 amide bonds. The van der Waals surface area contributed by atoms with Crippen LogP contribution < -0.4 is 9.80 Å². The highest BCUT2D eigenvalue weighted by molar-refractivity contribution is 6.30. The minimum Gasteiger partial charge on any atom is -0.465 e. The average Bonchev–Trinajstić information content (AvgIpc) is 3.31. The Morgan fingerprint density at radius 1 is 1.02 bits per heavy atom. The highest BCUT2D eigenvalue weighted by Crippen LogP contribution is 2.54. The van der Waals surface area contributed by atoms with Gasteiger partial charge < -0.3 is 24.2 Å². The van der Waals surface area contributed by atoms with Crippen molar-refractivity contribution >= 4 is 40.7 Å². The van der Waals surface area contributed by atoms with Crippen LogP contribution in [0.4, 0.5) is 21.6 Å². The fraction of sp³-hybridized carbons (Fsp3) is 0.455. The Morgan fingerprint density at radius 2 is 1.77 bits per heavy atom. The summed E-state index contributed by atoms with van der Waals surface area (Å²) in [6, 6.07) is 10.4. The number of ether oxygens (including phenoxy) is 2. The van der Waals surface area contributed by atoms with Crippen molar-refractivity contribution in [2.75, 3.05) is 50.2 Å². The van der Waals surface area contributed by atoms with Crippen LogP contribution in [-0.2, 0) is 14.9 Å². The number of amides is 1. The molecule has 4 heterocycles. The summed E-state index contributed by atoms with van der Waals surface area (Å²) < 4.78 is 25.0. The highest BCUT2D eigenvalue weighted by Gasteiger charge is 2.54. The number of halogens is 2. The zero-order valence-corrected chi connectivity index (χ0v) is 26.7. The van der Waals surface area contributed by atoms with E-state index in [2.05, 4.69) is 9.80 Å². The first-order valence-electron chi connectivity index (χ1n) is 14.8. The average molecular weight is 622 g/mol. The number of fused-ring (bicyclic) bond motifs is 2. The lowest BCUT2D eigenvalue weighted by Crippen LogP contribution is -2.61. The number of hydrogen-bond donors (Lipinski definition) is 0. The Morgan fingerprint density at radius 3 is 2.41 bits per heavy atom. The number of aromatic nitrogens is 2. The van der Waals surface area contributed by atoms with Gasteiger partial charge in [-0.05, 0) is 82.5 Å². The lowest BCUT2D eigenvalue weighted by Gasteiger charge is -2.47. The number of carbonyl (C=O) groups excluding carboxylic acids is 2. The molecule has 0 N–H and O–H groups in total. The topological polar surface area (TPSA) is 88.1 Å². The van der Waals surface area contributed by atoms with E-state index in [0.29, 0.717) is 48.8 Å². The molecule has 6 rings (SSSR count). The van der Waals surface area contributed by atoms with Crippen LogP contribution in [-0.4, -0.2) is 78.8 Å². The van der Waals surface area contributed by atoms with Crippen molar-refractivity contribution in [3.05, 3.63) is 75.4 Å². The number of esters is 1. The summed E-state index contributed by atoms with van der Waals surface area (Å²) in [7, 11) is 3.07. The number of aryl methyl sites for hydroxylation is 2. The van der Waals surface area contributed by atoms with E-state index in [1.54, 1.807) is 19.2 Å². The van der Waals surface area contributed by atoms with Crippen LogP contribution in [0, 0.1) is 19.7 Å². The number of pyridine rings is 2. The van der Waals surface area contributed by atoms with E-state index >= 15 is 0 Å². The van der Waals surface area contributed by atoms with Gasteiger partial charge in [-0.3, -0.25) is 4.79 Å². The quantitative estimate of drug-likeness (QED) is 0.340. The van der Waals surface area contributed by atoms with Crippen molar-refractivity contribution in [3.63, 3.8) is 0 Å². The van der Waals surface area contributed by atoms with Crippen LogP contribution in [0.3, 0.4) is 0 Å². The van der Waals surface area contributed by atoms with Crippen LogP contribution in [0.5, 0.6) is 0 Å². The maximum atomic E-state index is 14.4. The molecule has 3 aliphatic rings. The fourth-order valence-electron chi connectivity index (χ4n) is 7.07. The summed E-state index contributed by atoms with van der Waals surface area (Å²) in [6.45, 7) is 10.0. The Labute approximate surface area is 261 Å². The van der Waals surface area contributed by atoms with Crippen molar-refractivity contribution in [2.45, 2.75) is 57.6 Å². The van der Waals surface area contributed by atoms with Gasteiger partial charge in [0.05, 0.1) is 46.4 Å². The molecule has 1 saturated carbocycles. The highest BCUT2D eigenvalue weighted by atomic mass is 35.5. The number of hydrogen-bond acceptors (Lipinski definition) is 8. The second-order valence-corrected chi connectivity index (χ2v) is 13.1. The summed E-state index contributed by atoms with van der Waals surface area (Å²) in [5.41, 5.74) is 3.89. The van der Waals surface area contributed by atoms with Gasteiger partial charge in [0.2, 0.25) is 0 Å². The second kappa shape index (κ2) is 11.0. The lowest BCUT2D eigenvalue weighted by molar-refractivity contribution is -0.0132. The van der Waals surface area contributed by atoms with Gasteiger partial charge in [0.25, 0.3) is 5.91 Å². The summed E-state index contributed by atoms with van der Waals surface area (Å²) in [5, 5.41) is 0.0759. The van der Waals surface area contributed by atoms with Crippen molar-refractivity contribution in [3.8, 4) is 0 Å². The SMILES string of the molecule is COC(=O)c1c(C)cc(N2CCN(C(=O)c3ccc4c(n3)C3(CC(OC)C3)CN4c3ccc(Cl)c(F)c3)C(C)(C)C2)nc1C. The monoisotopic (exact) mass is 621 g/mol. The number of methoxy groups -OCH3 is 2. The molecular formula is C33H37ClFN5O4. The first kappa shape index (κ1) is 30.3. The number of rotatable bonds is 5. The first-order chi connectivity index (χ1) is 20.9. The molecule has 0 radical (unpaired) electrons. The molecule has 2 aliphatic heterocycles. The van der Waals surface area contributed by atoms with Crippen LogP contribution in [0.1, 0.15) is 64.5 Å². The number of anilines is 3. The summed E-state index contributed by atoms with van der Waals surface area (Å²) in [5.74, 6) is -0.244. The van der Waals surface area contributed by atoms with Gasteiger partial charge in [0.15, 0.2) is 0 Å². The fourth-order valence-corrected chi connectivity index (χ4v) is 7.19. The normalized spacial score (nSPS) is 22.2. The lowest BCUT2D eigenvalue weighted by atomic mass is 9.65. The van der Waals surface area contributed by atoms with Crippen molar-refractivity contribution in [1.29, 1.82) is 0 Å². The molecule has 9 nitrogen and oxygen atoms in total. The standard InChI is InChI=1S/C33H37ClFN5O4/c1-19-13-27(36-20(2)28(19)31(42)44-6)38-11-12-40(32(3,4)17-38)30(41)25-9-10-26-29(37-25)33(15-22(16-33)43-5)18-39(26)21-7-8-23(34)24(35)14-21/h7-10,13-14,22H,11-12,15-18H2,1-6H3. The Kier molecular flexibility index (Phi) is 7.57. The molecule has 0 unspecified atom stereocenters. The Hall–Kier alpha value is -3.76. The van der Waals surface area contributed by atoms with Crippen LogP contribution in [0.15, 0.2) is 36.4 Å². The van der Waals surface area contributed by atoms with Crippen LogP contribution >= 0.6 is 11.6 Å². The number of nitrogens with zero attached hydrogens (tertiary/aromatic N) is 5. The molecule has 1 saturated heterocycles. The molecule has 3 aromatic rings. The predicted molar refractivity (Wildman–Crippen MR) is 167 cm³/mol. The van der Waals surface area contributed by atoms with Crippen LogP contribution in [0.25, 0.3) is 0 Å². The molecule has 11 heteroatoms. The molecule has 232 valence electrons. The molecule has 1 aromatic carbocycles. The third kappa shape index (κ3) is 4.98. The maximum absolute atomic E-state index is 14.4. The molecular weight excluding hydrogens is 585 g/mol. The molecule has 1 spiro atoms. The second-order valence-electron chi connectivity index (χ2n) is 12.7. The number of carbonyl (C=O) groups is 2. The molecule has 0 atom stereocenters. The van der Waals surface area contributed by atoms with Gasteiger partial charge in [0.1, 0.15) is 17.3 Å². The van der Waals surface area contributed by atoms with Gasteiger partial charge in [0, 0.05) is 44.4 Å². The van der Waals surface area contributed by atoms with Gasteiger partial charge in [-0.25, -0.2) is 19.2 Å². The third-order valence-corrected chi connectivity index (χ3v) is 9.68. The number of piperazine rings is 1. The van der Waals surface area contributed by atoms with Crippen LogP contribution in [0.2, 0.25) is 5.02 Å². The summed E-state index contributed by atoms with van der Waals surface area (Å²) in [6.07, 6.45) is 1.66. The first-order valence-corrected chi connectivity index (χ1v) is 15.2. The van der Waals surface area contributed by atoms with E-state index in [1.807, 2.05) is 50.8 Å². The summed E-state index contributed by atoms with van der Waals surface area (Å²) >= 11 is 5.97. The van der Waals surface area contributed by atoms with E-state index in [0.717, 1.165) is 35.6 Å². The van der Waals surface area contributed by atoms with E-state index < -0.39 is 17.3 Å². The zero-order valence-electron chi connectivity index (χ0n) is 25.9. The van der Waals surface area contributed by atoms with Gasteiger partial charge in [-0.1, -0.05) is 11.6 Å². The molecule has 44 heavy (non-hydrogen) atoms. The molecule has 2 aromatic heterocycles. The Bertz CT molecular complexity index is 1630. The predicted octanol–water partition coefficient (Wildman–Crippen LogP) is 5.61. The minimum absolute atomic E-state index is 0.0759. The van der Waals surface area contributed by atoms with Gasteiger partial charge in [-0.15, -0.1) is 0 Å². The third-order valence-electron chi connectivity index (χ3n) is 9.38. The van der Waals surface area contributed by atoms with E-state index in [1.165, 1.54) is 13.2 Å². The molecule has 1 aliphatic carbocycles. The summed E-state index contributed by atoms with van der Waals surface area (Å²) in [4.78, 5) is 42.1. The van der Waals surface area contributed by atoms with Crippen molar-refractivity contribution in [2.24, 2.45) is 0 Å². The molecule has 2 fully saturated rings. The van der Waals surface area contributed by atoms with Gasteiger partial charge >= 0.3 is 5.97 Å². The molecule has 0 bridgehead atoms. The minimum atomic E-state index is -0.525. The van der Waals surface area contributed by atoms with E-state index in [4.69, 9.17) is 31.0 Å². The maximum Gasteiger partial charge on any atom is 0.339 e.